The summed E-state index contributed by atoms with van der Waals surface area (Å²) in [5.41, 5.74) is 1.04. The largest absolute Gasteiger partial charge is 0.491 e. The van der Waals surface area contributed by atoms with E-state index in [9.17, 15) is 14.4 Å². The third-order valence-corrected chi connectivity index (χ3v) is 5.36. The number of amides is 1. The maximum Gasteiger partial charge on any atom is 0.329 e. The van der Waals surface area contributed by atoms with E-state index in [1.54, 1.807) is 13.1 Å². The molecule has 0 atom stereocenters. The van der Waals surface area contributed by atoms with Crippen LogP contribution in [0.5, 0.6) is 5.75 Å². The summed E-state index contributed by atoms with van der Waals surface area (Å²) in [5.74, 6) is 0.467. The highest BCUT2D eigenvalue weighted by Gasteiger charge is 2.22. The van der Waals surface area contributed by atoms with Gasteiger partial charge in [0.05, 0.1) is 17.5 Å². The molecule has 0 bridgehead atoms. The van der Waals surface area contributed by atoms with Gasteiger partial charge in [-0.1, -0.05) is 39.0 Å². The molecule has 1 amide bonds. The number of aromatic nitrogens is 3. The highest BCUT2D eigenvalue weighted by atomic mass is 16.5. The van der Waals surface area contributed by atoms with Crippen LogP contribution >= 0.6 is 0 Å². The minimum atomic E-state index is -0.604. The highest BCUT2D eigenvalue weighted by Crippen LogP contribution is 2.21. The number of nitrogens with one attached hydrogen (secondary N) is 1. The first-order valence-corrected chi connectivity index (χ1v) is 10.9. The van der Waals surface area contributed by atoms with Gasteiger partial charge in [0.15, 0.2) is 5.65 Å². The van der Waals surface area contributed by atoms with Crippen LogP contribution in [0.1, 0.15) is 54.7 Å². The first-order chi connectivity index (χ1) is 15.2. The highest BCUT2D eigenvalue weighted by molar-refractivity contribution is 6.05. The lowest BCUT2D eigenvalue weighted by Gasteiger charge is -2.20. The number of aromatic amines is 1. The number of hydrogen-bond acceptors (Lipinski definition) is 5. The third kappa shape index (κ3) is 4.74. The average Bonchev–Trinajstić information content (AvgIpc) is 2.76. The molecule has 8 nitrogen and oxygen atoms in total. The number of likely N-dealkylation sites (N-methyl/N-ethyl adjacent to an activating group) is 1. The van der Waals surface area contributed by atoms with Crippen LogP contribution < -0.4 is 16.0 Å². The Bertz CT molecular complexity index is 1240. The first kappa shape index (κ1) is 23.2. The summed E-state index contributed by atoms with van der Waals surface area (Å²) in [6, 6.07) is 9.34. The van der Waals surface area contributed by atoms with Gasteiger partial charge in [-0.15, -0.1) is 0 Å². The van der Waals surface area contributed by atoms with Gasteiger partial charge in [-0.2, -0.15) is 0 Å². The fourth-order valence-electron chi connectivity index (χ4n) is 3.51. The molecule has 0 saturated carbocycles. The SMILES string of the molecule is CCCn1c(=O)[nH]c(=O)c2c(C(=O)N(C)CCOc3ccccc3C)cc(C(C)C)nc21. The summed E-state index contributed by atoms with van der Waals surface area (Å²) in [5, 5.41) is 0.138. The van der Waals surface area contributed by atoms with Crippen LogP contribution in [0.15, 0.2) is 39.9 Å². The van der Waals surface area contributed by atoms with Crippen molar-refractivity contribution in [2.75, 3.05) is 20.2 Å². The maximum atomic E-state index is 13.4. The molecule has 0 unspecified atom stereocenters. The normalized spacial score (nSPS) is 11.2. The van der Waals surface area contributed by atoms with Gasteiger partial charge < -0.3 is 9.64 Å². The Kier molecular flexibility index (Phi) is 7.12. The Morgan fingerprint density at radius 1 is 1.25 bits per heavy atom. The summed E-state index contributed by atoms with van der Waals surface area (Å²) in [7, 11) is 1.67. The number of H-pyrrole nitrogens is 1. The van der Waals surface area contributed by atoms with Gasteiger partial charge >= 0.3 is 5.69 Å². The van der Waals surface area contributed by atoms with E-state index < -0.39 is 11.2 Å². The first-order valence-electron chi connectivity index (χ1n) is 10.9. The van der Waals surface area contributed by atoms with E-state index >= 15 is 0 Å². The molecule has 170 valence electrons. The summed E-state index contributed by atoms with van der Waals surface area (Å²) in [6.45, 7) is 8.85. The Labute approximate surface area is 186 Å². The minimum absolute atomic E-state index is 0.0186. The lowest BCUT2D eigenvalue weighted by Crippen LogP contribution is -2.35. The molecular formula is C24H30N4O4. The predicted molar refractivity (Wildman–Crippen MR) is 125 cm³/mol. The van der Waals surface area contributed by atoms with Crippen LogP contribution in [0.3, 0.4) is 0 Å². The number of ether oxygens (including phenoxy) is 1. The Morgan fingerprint density at radius 2 is 1.97 bits per heavy atom. The lowest BCUT2D eigenvalue weighted by molar-refractivity contribution is 0.0775. The number of pyridine rings is 1. The molecule has 0 saturated heterocycles. The van der Waals surface area contributed by atoms with Crippen molar-refractivity contribution >= 4 is 16.9 Å². The molecule has 0 aliphatic rings. The zero-order valence-corrected chi connectivity index (χ0v) is 19.3. The number of aryl methyl sites for hydroxylation is 2. The molecule has 0 aliphatic carbocycles. The standard InChI is InChI=1S/C24H30N4O4/c1-6-11-28-21-20(22(29)26-24(28)31)17(14-18(25-21)15(2)3)23(30)27(5)12-13-32-19-10-8-7-9-16(19)4/h7-10,14-15H,6,11-13H2,1-5H3,(H,26,29,31). The lowest BCUT2D eigenvalue weighted by atomic mass is 10.0. The molecule has 2 aromatic heterocycles. The fourth-order valence-corrected chi connectivity index (χ4v) is 3.51. The topological polar surface area (TPSA) is 97.3 Å². The Balaban J connectivity index is 1.98. The van der Waals surface area contributed by atoms with Crippen LogP contribution in [-0.2, 0) is 6.54 Å². The number of hydrogen-bond donors (Lipinski definition) is 1. The van der Waals surface area contributed by atoms with E-state index in [-0.39, 0.29) is 28.4 Å². The number of nitrogens with zero attached hydrogens (tertiary/aromatic N) is 3. The van der Waals surface area contributed by atoms with Crippen molar-refractivity contribution in [3.05, 3.63) is 68.0 Å². The molecule has 32 heavy (non-hydrogen) atoms. The molecule has 0 radical (unpaired) electrons. The molecule has 0 spiro atoms. The molecule has 3 rings (SSSR count). The average molecular weight is 439 g/mol. The summed E-state index contributed by atoms with van der Waals surface area (Å²) < 4.78 is 7.25. The summed E-state index contributed by atoms with van der Waals surface area (Å²) >= 11 is 0. The van der Waals surface area contributed by atoms with Gasteiger partial charge in [0.25, 0.3) is 11.5 Å². The van der Waals surface area contributed by atoms with Crippen molar-refractivity contribution in [1.82, 2.24) is 19.4 Å². The number of para-hydroxylation sites is 1. The van der Waals surface area contributed by atoms with Gasteiger partial charge in [-0.05, 0) is 37.0 Å². The van der Waals surface area contributed by atoms with E-state index in [0.717, 1.165) is 11.3 Å². The zero-order valence-electron chi connectivity index (χ0n) is 19.3. The van der Waals surface area contributed by atoms with Crippen molar-refractivity contribution in [1.29, 1.82) is 0 Å². The number of benzene rings is 1. The summed E-state index contributed by atoms with van der Waals surface area (Å²) in [6.07, 6.45) is 0.689. The zero-order chi connectivity index (χ0) is 23.4. The quantitative estimate of drug-likeness (QED) is 0.583. The maximum absolute atomic E-state index is 13.4. The van der Waals surface area contributed by atoms with E-state index in [4.69, 9.17) is 4.74 Å². The van der Waals surface area contributed by atoms with Crippen LogP contribution in [0, 0.1) is 6.92 Å². The second-order valence-electron chi connectivity index (χ2n) is 8.20. The molecule has 1 N–H and O–H groups in total. The van der Waals surface area contributed by atoms with Crippen LogP contribution in [-0.4, -0.2) is 45.5 Å². The molecule has 0 aliphatic heterocycles. The molecule has 0 fully saturated rings. The van der Waals surface area contributed by atoms with E-state index in [1.165, 1.54) is 9.47 Å². The van der Waals surface area contributed by atoms with Crippen molar-refractivity contribution < 1.29 is 9.53 Å². The molecular weight excluding hydrogens is 408 g/mol. The van der Waals surface area contributed by atoms with E-state index in [0.29, 0.717) is 31.8 Å². The van der Waals surface area contributed by atoms with E-state index in [2.05, 4.69) is 9.97 Å². The molecule has 1 aromatic carbocycles. The Morgan fingerprint density at radius 3 is 2.62 bits per heavy atom. The van der Waals surface area contributed by atoms with Crippen LogP contribution in [0.2, 0.25) is 0 Å². The number of rotatable bonds is 8. The fraction of sp³-hybridized carbons (Fsp3) is 0.417. The van der Waals surface area contributed by atoms with Gasteiger partial charge in [0, 0.05) is 19.3 Å². The smallest absolute Gasteiger partial charge is 0.329 e. The predicted octanol–water partition coefficient (Wildman–Crippen LogP) is 3.08. The van der Waals surface area contributed by atoms with Gasteiger partial charge in [0.1, 0.15) is 12.4 Å². The number of carbonyl (C=O) groups is 1. The number of fused-ring (bicyclic) bond motifs is 1. The Hall–Kier alpha value is -3.42. The third-order valence-electron chi connectivity index (χ3n) is 5.36. The van der Waals surface area contributed by atoms with Crippen molar-refractivity contribution in [2.24, 2.45) is 0 Å². The van der Waals surface area contributed by atoms with Gasteiger partial charge in [0.2, 0.25) is 0 Å². The van der Waals surface area contributed by atoms with Crippen LogP contribution in [0.4, 0.5) is 0 Å². The second-order valence-corrected chi connectivity index (χ2v) is 8.20. The van der Waals surface area contributed by atoms with Gasteiger partial charge in [-0.25, -0.2) is 9.78 Å². The van der Waals surface area contributed by atoms with Gasteiger partial charge in [-0.3, -0.25) is 19.1 Å². The summed E-state index contributed by atoms with van der Waals surface area (Å²) in [4.78, 5) is 46.9. The van der Waals surface area contributed by atoms with Crippen molar-refractivity contribution in [3.8, 4) is 5.75 Å². The van der Waals surface area contributed by atoms with Crippen LogP contribution in [0.25, 0.3) is 11.0 Å². The molecule has 3 aromatic rings. The second kappa shape index (κ2) is 9.80. The minimum Gasteiger partial charge on any atom is -0.491 e. The molecule has 2 heterocycles. The monoisotopic (exact) mass is 438 g/mol. The molecule has 8 heteroatoms. The number of carbonyl (C=O) groups excluding carboxylic acids is 1. The van der Waals surface area contributed by atoms with Crippen molar-refractivity contribution in [2.45, 2.75) is 46.6 Å². The van der Waals surface area contributed by atoms with E-state index in [1.807, 2.05) is 52.0 Å². The van der Waals surface area contributed by atoms with Crippen molar-refractivity contribution in [3.63, 3.8) is 0 Å².